The largest absolute Gasteiger partial charge is 0.372 e. The number of ether oxygens (including phenoxy) is 1. The molecule has 1 aliphatic heterocycles. The third-order valence-electron chi connectivity index (χ3n) is 3.28. The summed E-state index contributed by atoms with van der Waals surface area (Å²) in [4.78, 5) is 1.32. The van der Waals surface area contributed by atoms with Gasteiger partial charge in [-0.2, -0.15) is 0 Å². The number of halogens is 2. The normalized spacial score (nSPS) is 24.7. The van der Waals surface area contributed by atoms with Gasteiger partial charge in [0, 0.05) is 34.0 Å². The van der Waals surface area contributed by atoms with Crippen LogP contribution in [0.5, 0.6) is 0 Å². The second kappa shape index (κ2) is 6.56. The Kier molecular flexibility index (Phi) is 5.51. The third-order valence-corrected chi connectivity index (χ3v) is 6.60. The summed E-state index contributed by atoms with van der Waals surface area (Å²) in [7, 11) is 0. The van der Waals surface area contributed by atoms with Gasteiger partial charge < -0.3 is 10.1 Å². The summed E-state index contributed by atoms with van der Waals surface area (Å²) in [5, 5.41) is 3.61. The van der Waals surface area contributed by atoms with Crippen molar-refractivity contribution in [2.24, 2.45) is 5.92 Å². The molecule has 1 N–H and O–H groups in total. The van der Waals surface area contributed by atoms with E-state index in [9.17, 15) is 0 Å². The molecule has 1 aromatic rings. The maximum atomic E-state index is 6.04. The zero-order chi connectivity index (χ0) is 14.0. The molecule has 0 saturated carbocycles. The molecule has 2 rings (SSSR count). The van der Waals surface area contributed by atoms with E-state index in [0.717, 1.165) is 21.4 Å². The van der Waals surface area contributed by atoms with Crippen LogP contribution in [0, 0.1) is 5.92 Å². The Hall–Kier alpha value is 0.580. The average Bonchev–Trinajstić information content (AvgIpc) is 2.66. The smallest absolute Gasteiger partial charge is 0.0957 e. The molecule has 0 spiro atoms. The molecule has 5 heteroatoms. The molecule has 0 aromatic carbocycles. The van der Waals surface area contributed by atoms with Crippen molar-refractivity contribution >= 4 is 43.2 Å². The average molecular weight is 411 g/mol. The first-order chi connectivity index (χ1) is 8.87. The molecule has 0 bridgehead atoms. The highest BCUT2D eigenvalue weighted by molar-refractivity contribution is 9.13. The molecule has 1 saturated heterocycles. The minimum atomic E-state index is 0.165. The van der Waals surface area contributed by atoms with E-state index in [0.29, 0.717) is 5.92 Å². The molecule has 2 atom stereocenters. The Bertz CT molecular complexity index is 408. The Morgan fingerprint density at radius 2 is 2.16 bits per heavy atom. The van der Waals surface area contributed by atoms with E-state index in [2.05, 4.69) is 64.0 Å². The zero-order valence-electron chi connectivity index (χ0n) is 11.6. The number of hydrogen-bond donors (Lipinski definition) is 1. The van der Waals surface area contributed by atoms with Gasteiger partial charge in [0.25, 0.3) is 0 Å². The van der Waals surface area contributed by atoms with Gasteiger partial charge in [-0.15, -0.1) is 11.3 Å². The fraction of sp³-hybridized carbons (Fsp3) is 0.714. The maximum absolute atomic E-state index is 6.04. The van der Waals surface area contributed by atoms with Crippen LogP contribution in [0.25, 0.3) is 0 Å². The number of thiophene rings is 1. The topological polar surface area (TPSA) is 21.3 Å². The van der Waals surface area contributed by atoms with E-state index >= 15 is 0 Å². The van der Waals surface area contributed by atoms with E-state index in [1.807, 2.05) is 0 Å². The summed E-state index contributed by atoms with van der Waals surface area (Å²) in [6.07, 6.45) is 2.64. The summed E-state index contributed by atoms with van der Waals surface area (Å²) in [5.41, 5.74) is 0.165. The summed E-state index contributed by atoms with van der Waals surface area (Å²) >= 11 is 8.91. The fourth-order valence-electron chi connectivity index (χ4n) is 2.31. The molecule has 108 valence electrons. The molecular formula is C14H21Br2NOS. The van der Waals surface area contributed by atoms with Crippen molar-refractivity contribution < 1.29 is 4.74 Å². The molecule has 1 aromatic heterocycles. The van der Waals surface area contributed by atoms with E-state index in [-0.39, 0.29) is 11.6 Å². The maximum Gasteiger partial charge on any atom is 0.0957 e. The van der Waals surface area contributed by atoms with Crippen LogP contribution in [0.3, 0.4) is 0 Å². The van der Waals surface area contributed by atoms with Crippen molar-refractivity contribution in [2.75, 3.05) is 13.2 Å². The predicted octanol–water partition coefficient (Wildman–Crippen LogP) is 5.13. The Labute approximate surface area is 136 Å². The number of rotatable bonds is 3. The van der Waals surface area contributed by atoms with Crippen molar-refractivity contribution in [1.29, 1.82) is 0 Å². The van der Waals surface area contributed by atoms with E-state index in [1.165, 1.54) is 17.7 Å². The van der Waals surface area contributed by atoms with Gasteiger partial charge in [0.2, 0.25) is 0 Å². The quantitative estimate of drug-likeness (QED) is 0.745. The third kappa shape index (κ3) is 4.53. The van der Waals surface area contributed by atoms with Crippen molar-refractivity contribution in [2.45, 2.75) is 45.3 Å². The molecular weight excluding hydrogens is 390 g/mol. The summed E-state index contributed by atoms with van der Waals surface area (Å²) < 4.78 is 8.32. The predicted molar refractivity (Wildman–Crippen MR) is 88.9 cm³/mol. The number of hydrogen-bond acceptors (Lipinski definition) is 3. The molecule has 0 amide bonds. The van der Waals surface area contributed by atoms with Crippen LogP contribution in [0.15, 0.2) is 14.3 Å². The van der Waals surface area contributed by atoms with Crippen molar-refractivity contribution in [1.82, 2.24) is 5.32 Å². The molecule has 1 fully saturated rings. The van der Waals surface area contributed by atoms with Crippen LogP contribution >= 0.6 is 43.2 Å². The summed E-state index contributed by atoms with van der Waals surface area (Å²) in [6.45, 7) is 8.53. The van der Waals surface area contributed by atoms with Gasteiger partial charge in [0.1, 0.15) is 0 Å². The van der Waals surface area contributed by atoms with Gasteiger partial charge in [-0.05, 0) is 71.5 Å². The highest BCUT2D eigenvalue weighted by Crippen LogP contribution is 2.41. The van der Waals surface area contributed by atoms with E-state index in [4.69, 9.17) is 4.74 Å². The Morgan fingerprint density at radius 1 is 1.42 bits per heavy atom. The van der Waals surface area contributed by atoms with Crippen LogP contribution in [0.1, 0.15) is 44.6 Å². The molecule has 2 heterocycles. The van der Waals surface area contributed by atoms with Gasteiger partial charge >= 0.3 is 0 Å². The van der Waals surface area contributed by atoms with Crippen molar-refractivity contribution in [3.05, 3.63) is 19.2 Å². The molecule has 2 nitrogen and oxygen atoms in total. The van der Waals surface area contributed by atoms with Crippen LogP contribution in [-0.4, -0.2) is 18.7 Å². The van der Waals surface area contributed by atoms with E-state index < -0.39 is 0 Å². The van der Waals surface area contributed by atoms with Gasteiger partial charge in [0.05, 0.1) is 9.89 Å². The van der Waals surface area contributed by atoms with Crippen LogP contribution in [0.4, 0.5) is 0 Å². The Morgan fingerprint density at radius 3 is 2.74 bits per heavy atom. The lowest BCUT2D eigenvalue weighted by atomic mass is 9.92. The zero-order valence-corrected chi connectivity index (χ0v) is 15.6. The first kappa shape index (κ1) is 16.0. The summed E-state index contributed by atoms with van der Waals surface area (Å²) in [6, 6.07) is 2.19. The summed E-state index contributed by atoms with van der Waals surface area (Å²) in [5.74, 6) is 0.561. The lowest BCUT2D eigenvalue weighted by Crippen LogP contribution is -2.41. The first-order valence-electron chi connectivity index (χ1n) is 6.68. The van der Waals surface area contributed by atoms with Gasteiger partial charge in [0.15, 0.2) is 0 Å². The lowest BCUT2D eigenvalue weighted by Gasteiger charge is -2.33. The molecule has 0 aliphatic carbocycles. The van der Waals surface area contributed by atoms with E-state index in [1.54, 1.807) is 11.3 Å². The highest BCUT2D eigenvalue weighted by atomic mass is 79.9. The van der Waals surface area contributed by atoms with Crippen molar-refractivity contribution in [3.8, 4) is 0 Å². The van der Waals surface area contributed by atoms with Crippen LogP contribution in [0.2, 0.25) is 0 Å². The fourth-order valence-corrected chi connectivity index (χ4v) is 4.54. The molecule has 0 radical (unpaired) electrons. The molecule has 2 unspecified atom stereocenters. The van der Waals surface area contributed by atoms with Crippen molar-refractivity contribution in [3.63, 3.8) is 0 Å². The van der Waals surface area contributed by atoms with Crippen LogP contribution in [-0.2, 0) is 4.74 Å². The molecule has 19 heavy (non-hydrogen) atoms. The van der Waals surface area contributed by atoms with Gasteiger partial charge in [-0.25, -0.2) is 0 Å². The van der Waals surface area contributed by atoms with Gasteiger partial charge in [-0.3, -0.25) is 0 Å². The molecule has 1 aliphatic rings. The second-order valence-electron chi connectivity index (χ2n) is 6.10. The second-order valence-corrected chi connectivity index (χ2v) is 9.35. The van der Waals surface area contributed by atoms with Crippen LogP contribution < -0.4 is 5.32 Å². The minimum absolute atomic E-state index is 0.165. The lowest BCUT2D eigenvalue weighted by molar-refractivity contribution is -0.0271. The number of nitrogens with one attached hydrogen (secondary N) is 1. The minimum Gasteiger partial charge on any atom is -0.372 e. The SMILES string of the molecule is CC(C)(C)NCC1CCCOC1c1cc(Br)c(Br)s1. The first-order valence-corrected chi connectivity index (χ1v) is 9.08. The standard InChI is InChI=1S/C14H21Br2NOS/c1-14(2,3)17-8-9-5-4-6-18-12(9)11-7-10(15)13(16)19-11/h7,9,12,17H,4-6,8H2,1-3H3. The Balaban J connectivity index is 2.07. The van der Waals surface area contributed by atoms with Gasteiger partial charge in [-0.1, -0.05) is 0 Å². The highest BCUT2D eigenvalue weighted by Gasteiger charge is 2.30. The monoisotopic (exact) mass is 409 g/mol.